The highest BCUT2D eigenvalue weighted by molar-refractivity contribution is 5.38. The number of anilines is 2. The molecule has 4 N–H and O–H groups in total. The number of hydrazine groups is 1. The maximum absolute atomic E-state index is 5.38. The van der Waals surface area contributed by atoms with Gasteiger partial charge in [-0.2, -0.15) is 20.1 Å². The second-order valence-corrected chi connectivity index (χ2v) is 4.80. The van der Waals surface area contributed by atoms with Crippen molar-refractivity contribution < 1.29 is 0 Å². The molecule has 8 nitrogen and oxygen atoms in total. The van der Waals surface area contributed by atoms with Gasteiger partial charge in [0, 0.05) is 18.4 Å². The van der Waals surface area contributed by atoms with Gasteiger partial charge in [-0.15, -0.1) is 0 Å². The summed E-state index contributed by atoms with van der Waals surface area (Å²) in [6, 6.07) is 2.23. The van der Waals surface area contributed by atoms with Crippen LogP contribution in [0.5, 0.6) is 0 Å². The van der Waals surface area contributed by atoms with Crippen LogP contribution in [0.4, 0.5) is 11.9 Å². The first-order valence-corrected chi connectivity index (χ1v) is 6.24. The lowest BCUT2D eigenvalue weighted by molar-refractivity contribution is 0.308. The molecule has 100 valence electrons. The van der Waals surface area contributed by atoms with Crippen LogP contribution in [0.1, 0.15) is 19.8 Å². The summed E-state index contributed by atoms with van der Waals surface area (Å²) in [5, 5.41) is 7.38. The van der Waals surface area contributed by atoms with Crippen LogP contribution in [-0.4, -0.2) is 30.8 Å². The predicted octanol–water partition coefficient (Wildman–Crippen LogP) is 0.553. The molecular weight excluding hydrogens is 244 g/mol. The molecule has 0 unspecified atom stereocenters. The molecule has 0 amide bonds. The van der Waals surface area contributed by atoms with E-state index in [-0.39, 0.29) is 0 Å². The van der Waals surface area contributed by atoms with Crippen LogP contribution in [0.25, 0.3) is 5.95 Å². The molecule has 1 aliphatic carbocycles. The van der Waals surface area contributed by atoms with Gasteiger partial charge in [-0.05, 0) is 24.8 Å². The van der Waals surface area contributed by atoms with Crippen molar-refractivity contribution in [3.05, 3.63) is 18.5 Å². The van der Waals surface area contributed by atoms with Crippen molar-refractivity contribution in [1.82, 2.24) is 24.7 Å². The summed E-state index contributed by atoms with van der Waals surface area (Å²) in [4.78, 5) is 12.7. The molecule has 3 rings (SSSR count). The Morgan fingerprint density at radius 1 is 1.26 bits per heavy atom. The van der Waals surface area contributed by atoms with Crippen LogP contribution in [-0.2, 0) is 0 Å². The molecule has 1 saturated carbocycles. The summed E-state index contributed by atoms with van der Waals surface area (Å²) in [6.07, 6.45) is 5.70. The molecule has 19 heavy (non-hydrogen) atoms. The van der Waals surface area contributed by atoms with E-state index in [1.165, 1.54) is 0 Å². The molecule has 0 aromatic carbocycles. The van der Waals surface area contributed by atoms with E-state index in [9.17, 15) is 0 Å². The number of rotatable bonds is 4. The van der Waals surface area contributed by atoms with Crippen molar-refractivity contribution in [2.75, 3.05) is 10.7 Å². The summed E-state index contributed by atoms with van der Waals surface area (Å²) >= 11 is 0. The van der Waals surface area contributed by atoms with Crippen LogP contribution in [0.15, 0.2) is 18.5 Å². The third-order valence-electron chi connectivity index (χ3n) is 3.17. The van der Waals surface area contributed by atoms with Crippen LogP contribution < -0.4 is 16.6 Å². The molecule has 2 aromatic rings. The van der Waals surface area contributed by atoms with Gasteiger partial charge in [0.15, 0.2) is 0 Å². The van der Waals surface area contributed by atoms with E-state index in [0.717, 1.165) is 18.8 Å². The van der Waals surface area contributed by atoms with Crippen LogP contribution in [0, 0.1) is 5.92 Å². The molecule has 2 heterocycles. The van der Waals surface area contributed by atoms with E-state index in [1.807, 2.05) is 0 Å². The summed E-state index contributed by atoms with van der Waals surface area (Å²) in [5.41, 5.74) is 2.44. The zero-order chi connectivity index (χ0) is 13.2. The smallest absolute Gasteiger partial charge is 0.257 e. The average molecular weight is 260 g/mol. The Labute approximate surface area is 110 Å². The Balaban J connectivity index is 1.85. The minimum absolute atomic E-state index is 0.315. The van der Waals surface area contributed by atoms with Crippen molar-refractivity contribution in [3.63, 3.8) is 0 Å². The van der Waals surface area contributed by atoms with Gasteiger partial charge in [-0.3, -0.25) is 5.43 Å². The van der Waals surface area contributed by atoms with Crippen LogP contribution in [0.2, 0.25) is 0 Å². The first-order valence-electron chi connectivity index (χ1n) is 6.24. The average Bonchev–Trinajstić information content (AvgIpc) is 2.90. The summed E-state index contributed by atoms with van der Waals surface area (Å²) in [7, 11) is 0. The van der Waals surface area contributed by atoms with Gasteiger partial charge in [0.2, 0.25) is 11.9 Å². The second kappa shape index (κ2) is 4.81. The minimum atomic E-state index is 0.315. The maximum Gasteiger partial charge on any atom is 0.257 e. The minimum Gasteiger partial charge on any atom is -0.351 e. The lowest BCUT2D eigenvalue weighted by atomic mass is 9.82. The molecule has 0 aliphatic heterocycles. The molecule has 0 radical (unpaired) electrons. The van der Waals surface area contributed by atoms with E-state index in [0.29, 0.717) is 23.9 Å². The maximum atomic E-state index is 5.38. The van der Waals surface area contributed by atoms with Crippen molar-refractivity contribution in [2.45, 2.75) is 25.8 Å². The van der Waals surface area contributed by atoms with Gasteiger partial charge in [0.25, 0.3) is 5.95 Å². The first-order chi connectivity index (χ1) is 9.24. The van der Waals surface area contributed by atoms with Crippen LogP contribution >= 0.6 is 0 Å². The number of hydrogen-bond acceptors (Lipinski definition) is 7. The second-order valence-electron chi connectivity index (χ2n) is 4.80. The highest BCUT2D eigenvalue weighted by Gasteiger charge is 2.26. The number of aromatic nitrogens is 5. The fourth-order valence-electron chi connectivity index (χ4n) is 2.19. The van der Waals surface area contributed by atoms with E-state index in [2.05, 4.69) is 37.7 Å². The van der Waals surface area contributed by atoms with E-state index in [4.69, 9.17) is 5.84 Å². The fourth-order valence-corrected chi connectivity index (χ4v) is 2.19. The Kier molecular flexibility index (Phi) is 3.00. The Bertz CT molecular complexity index is 546. The van der Waals surface area contributed by atoms with Crippen LogP contribution in [0.3, 0.4) is 0 Å². The monoisotopic (exact) mass is 260 g/mol. The Hall–Kier alpha value is -2.22. The lowest BCUT2D eigenvalue weighted by Crippen LogP contribution is -2.34. The van der Waals surface area contributed by atoms with E-state index >= 15 is 0 Å². The Morgan fingerprint density at radius 3 is 2.68 bits per heavy atom. The quantitative estimate of drug-likeness (QED) is 0.544. The van der Waals surface area contributed by atoms with Crippen molar-refractivity contribution in [3.8, 4) is 5.95 Å². The zero-order valence-corrected chi connectivity index (χ0v) is 10.6. The summed E-state index contributed by atoms with van der Waals surface area (Å²) < 4.78 is 1.57. The topological polar surface area (TPSA) is 107 Å². The van der Waals surface area contributed by atoms with E-state index in [1.54, 1.807) is 23.1 Å². The normalized spacial score (nSPS) is 21.8. The highest BCUT2D eigenvalue weighted by atomic mass is 15.4. The van der Waals surface area contributed by atoms with Gasteiger partial charge in [-0.25, -0.2) is 10.5 Å². The van der Waals surface area contributed by atoms with Gasteiger partial charge < -0.3 is 5.32 Å². The first kappa shape index (κ1) is 11.8. The third-order valence-corrected chi connectivity index (χ3v) is 3.17. The molecule has 1 fully saturated rings. The third kappa shape index (κ3) is 2.48. The molecule has 0 bridgehead atoms. The van der Waals surface area contributed by atoms with Gasteiger partial charge >= 0.3 is 0 Å². The van der Waals surface area contributed by atoms with E-state index < -0.39 is 0 Å². The molecule has 8 heteroatoms. The van der Waals surface area contributed by atoms with Gasteiger partial charge in [-0.1, -0.05) is 6.92 Å². The molecule has 0 atom stereocenters. The number of nitrogen functional groups attached to an aromatic ring is 1. The number of nitrogens with zero attached hydrogens (tertiary/aromatic N) is 5. The van der Waals surface area contributed by atoms with Crippen molar-refractivity contribution in [2.24, 2.45) is 11.8 Å². The largest absolute Gasteiger partial charge is 0.351 e. The molecule has 1 aliphatic rings. The number of hydrogen-bond donors (Lipinski definition) is 3. The SMILES string of the molecule is CC1CC(Nc2nc(NN)nc(-n3cccn3)n2)C1. The standard InChI is InChI=1S/C11H16N8/c1-7-5-8(6-7)14-9-15-10(18-12)17-11(16-9)19-4-2-3-13-19/h2-4,7-8H,5-6,12H2,1H3,(H2,14,15,16,17,18). The van der Waals surface area contributed by atoms with Crippen molar-refractivity contribution >= 4 is 11.9 Å². The van der Waals surface area contributed by atoms with Crippen molar-refractivity contribution in [1.29, 1.82) is 0 Å². The zero-order valence-electron chi connectivity index (χ0n) is 10.6. The van der Waals surface area contributed by atoms with Gasteiger partial charge in [0.05, 0.1) is 0 Å². The predicted molar refractivity (Wildman–Crippen MR) is 70.6 cm³/mol. The highest BCUT2D eigenvalue weighted by Crippen LogP contribution is 2.28. The molecule has 0 spiro atoms. The Morgan fingerprint density at radius 2 is 2.05 bits per heavy atom. The molecule has 0 saturated heterocycles. The lowest BCUT2D eigenvalue weighted by Gasteiger charge is -2.33. The number of nitrogens with one attached hydrogen (secondary N) is 2. The molecule has 2 aromatic heterocycles. The fraction of sp³-hybridized carbons (Fsp3) is 0.455. The van der Waals surface area contributed by atoms with Gasteiger partial charge in [0.1, 0.15) is 0 Å². The summed E-state index contributed by atoms with van der Waals surface area (Å²) in [5.74, 6) is 7.41. The summed E-state index contributed by atoms with van der Waals surface area (Å²) in [6.45, 7) is 2.23. The number of nitrogens with two attached hydrogens (primary N) is 1. The molecular formula is C11H16N8.